The number of nitrogens with zero attached hydrogens (tertiary/aromatic N) is 1. The Hall–Kier alpha value is -2.41. The molecule has 0 radical (unpaired) electrons. The maximum absolute atomic E-state index is 12.0. The highest BCUT2D eigenvalue weighted by atomic mass is 32.2. The molecule has 0 atom stereocenters. The summed E-state index contributed by atoms with van der Waals surface area (Å²) in [5.41, 5.74) is 2.42. The summed E-state index contributed by atoms with van der Waals surface area (Å²) in [6.07, 6.45) is 2.59. The van der Waals surface area contributed by atoms with Crippen molar-refractivity contribution in [3.63, 3.8) is 0 Å². The lowest BCUT2D eigenvalue weighted by Crippen LogP contribution is -2.24. The first-order valence-electron chi connectivity index (χ1n) is 6.62. The third kappa shape index (κ3) is 4.56. The Morgan fingerprint density at radius 1 is 1.18 bits per heavy atom. The summed E-state index contributed by atoms with van der Waals surface area (Å²) in [5.74, 6) is -0.262. The van der Waals surface area contributed by atoms with Gasteiger partial charge in [0, 0.05) is 18.4 Å². The molecular formula is C15H17N3O3S. The van der Waals surface area contributed by atoms with Crippen molar-refractivity contribution in [3.8, 4) is 0 Å². The van der Waals surface area contributed by atoms with E-state index >= 15 is 0 Å². The number of hydrogen-bond acceptors (Lipinski definition) is 4. The number of carbonyl (C=O) groups is 1. The number of nitrogens with one attached hydrogen (secondary N) is 2. The third-order valence-corrected chi connectivity index (χ3v) is 3.52. The second-order valence-corrected chi connectivity index (χ2v) is 6.65. The molecule has 0 unspecified atom stereocenters. The molecular weight excluding hydrogens is 302 g/mol. The Bertz CT molecular complexity index is 771. The summed E-state index contributed by atoms with van der Waals surface area (Å²) in [7, 11) is -3.37. The lowest BCUT2D eigenvalue weighted by molar-refractivity contribution is 0.0950. The Labute approximate surface area is 129 Å². The number of aryl methyl sites for hydroxylation is 1. The third-order valence-electron chi connectivity index (χ3n) is 2.93. The lowest BCUT2D eigenvalue weighted by atomic mass is 10.1. The summed E-state index contributed by atoms with van der Waals surface area (Å²) < 4.78 is 25.1. The van der Waals surface area contributed by atoms with Crippen molar-refractivity contribution in [2.75, 3.05) is 11.0 Å². The van der Waals surface area contributed by atoms with Gasteiger partial charge in [0.15, 0.2) is 0 Å². The van der Waals surface area contributed by atoms with Crippen LogP contribution < -0.4 is 10.0 Å². The van der Waals surface area contributed by atoms with E-state index in [1.54, 1.807) is 36.4 Å². The molecule has 2 rings (SSSR count). The van der Waals surface area contributed by atoms with E-state index in [1.807, 2.05) is 6.92 Å². The van der Waals surface area contributed by atoms with Crippen LogP contribution in [0.3, 0.4) is 0 Å². The number of benzene rings is 1. The molecule has 0 spiro atoms. The predicted octanol–water partition coefficient (Wildman–Crippen LogP) is 1.69. The first kappa shape index (κ1) is 16.0. The van der Waals surface area contributed by atoms with Gasteiger partial charge >= 0.3 is 0 Å². The number of rotatable bonds is 5. The Morgan fingerprint density at radius 2 is 1.91 bits per heavy atom. The molecule has 1 amide bonds. The van der Waals surface area contributed by atoms with Crippen LogP contribution in [-0.4, -0.2) is 25.6 Å². The molecule has 0 aliphatic carbocycles. The zero-order valence-electron chi connectivity index (χ0n) is 12.3. The van der Waals surface area contributed by atoms with Crippen molar-refractivity contribution in [2.45, 2.75) is 13.5 Å². The molecule has 0 aliphatic rings. The summed E-state index contributed by atoms with van der Waals surface area (Å²) >= 11 is 0. The van der Waals surface area contributed by atoms with Crippen molar-refractivity contribution in [2.24, 2.45) is 0 Å². The molecule has 2 N–H and O–H groups in total. The van der Waals surface area contributed by atoms with Crippen LogP contribution in [0.4, 0.5) is 5.69 Å². The molecule has 6 nitrogen and oxygen atoms in total. The number of hydrogen-bond donors (Lipinski definition) is 2. The van der Waals surface area contributed by atoms with Gasteiger partial charge in [0.1, 0.15) is 0 Å². The second kappa shape index (κ2) is 6.57. The van der Waals surface area contributed by atoms with Gasteiger partial charge < -0.3 is 5.32 Å². The van der Waals surface area contributed by atoms with Gasteiger partial charge in [0.05, 0.1) is 17.5 Å². The van der Waals surface area contributed by atoms with Crippen molar-refractivity contribution in [3.05, 3.63) is 59.4 Å². The molecule has 0 fully saturated rings. The van der Waals surface area contributed by atoms with Crippen LogP contribution in [0.15, 0.2) is 42.6 Å². The number of para-hydroxylation sites is 1. The summed E-state index contributed by atoms with van der Waals surface area (Å²) in [5, 5.41) is 2.75. The molecule has 2 aromatic rings. The summed E-state index contributed by atoms with van der Waals surface area (Å²) in [6, 6.07) is 10.4. The first-order valence-corrected chi connectivity index (χ1v) is 8.51. The highest BCUT2D eigenvalue weighted by Crippen LogP contribution is 2.16. The summed E-state index contributed by atoms with van der Waals surface area (Å²) in [6.45, 7) is 2.06. The van der Waals surface area contributed by atoms with Gasteiger partial charge in [-0.15, -0.1) is 0 Å². The van der Waals surface area contributed by atoms with E-state index in [0.717, 1.165) is 11.9 Å². The van der Waals surface area contributed by atoms with Gasteiger partial charge in [-0.05, 0) is 30.7 Å². The van der Waals surface area contributed by atoms with Gasteiger partial charge in [-0.25, -0.2) is 8.42 Å². The Kier molecular flexibility index (Phi) is 4.77. The smallest absolute Gasteiger partial charge is 0.253 e. The van der Waals surface area contributed by atoms with E-state index in [0.29, 0.717) is 16.8 Å². The van der Waals surface area contributed by atoms with Crippen LogP contribution in [0.25, 0.3) is 0 Å². The number of sulfonamides is 1. The SMILES string of the molecule is Cc1ccc(C(=O)NCc2ccccc2NS(C)(=O)=O)cn1. The topological polar surface area (TPSA) is 88.2 Å². The number of aromatic nitrogens is 1. The molecule has 22 heavy (non-hydrogen) atoms. The summed E-state index contributed by atoms with van der Waals surface area (Å²) in [4.78, 5) is 16.1. The minimum absolute atomic E-state index is 0.214. The molecule has 0 saturated heterocycles. The number of pyridine rings is 1. The monoisotopic (exact) mass is 319 g/mol. The molecule has 0 bridgehead atoms. The van der Waals surface area contributed by atoms with Crippen molar-refractivity contribution >= 4 is 21.6 Å². The molecule has 1 aromatic heterocycles. The van der Waals surface area contributed by atoms with E-state index in [1.165, 1.54) is 6.20 Å². The van der Waals surface area contributed by atoms with E-state index in [2.05, 4.69) is 15.0 Å². The van der Waals surface area contributed by atoms with Gasteiger partial charge in [-0.1, -0.05) is 18.2 Å². The number of anilines is 1. The maximum Gasteiger partial charge on any atom is 0.253 e. The van der Waals surface area contributed by atoms with Crippen molar-refractivity contribution < 1.29 is 13.2 Å². The van der Waals surface area contributed by atoms with Crippen LogP contribution in [0.5, 0.6) is 0 Å². The van der Waals surface area contributed by atoms with Crippen molar-refractivity contribution in [1.82, 2.24) is 10.3 Å². The average Bonchev–Trinajstić information content (AvgIpc) is 2.45. The molecule has 0 saturated carbocycles. The minimum Gasteiger partial charge on any atom is -0.348 e. The quantitative estimate of drug-likeness (QED) is 0.878. The fourth-order valence-corrected chi connectivity index (χ4v) is 2.45. The Balaban J connectivity index is 2.08. The predicted molar refractivity (Wildman–Crippen MR) is 85.1 cm³/mol. The molecule has 1 aromatic carbocycles. The molecule has 0 aliphatic heterocycles. The minimum atomic E-state index is -3.37. The second-order valence-electron chi connectivity index (χ2n) is 4.90. The lowest BCUT2D eigenvalue weighted by Gasteiger charge is -2.11. The average molecular weight is 319 g/mol. The van der Waals surface area contributed by atoms with Crippen LogP contribution in [0.2, 0.25) is 0 Å². The molecule has 7 heteroatoms. The van der Waals surface area contributed by atoms with Gasteiger partial charge in [0.2, 0.25) is 10.0 Å². The molecule has 116 valence electrons. The van der Waals surface area contributed by atoms with E-state index in [4.69, 9.17) is 0 Å². The largest absolute Gasteiger partial charge is 0.348 e. The number of amides is 1. The van der Waals surface area contributed by atoms with Crippen LogP contribution in [0, 0.1) is 6.92 Å². The number of carbonyl (C=O) groups excluding carboxylic acids is 1. The normalized spacial score (nSPS) is 11.0. The maximum atomic E-state index is 12.0. The van der Waals surface area contributed by atoms with Gasteiger partial charge in [0.25, 0.3) is 5.91 Å². The molecule has 1 heterocycles. The fraction of sp³-hybridized carbons (Fsp3) is 0.200. The van der Waals surface area contributed by atoms with E-state index < -0.39 is 10.0 Å². The van der Waals surface area contributed by atoms with Gasteiger partial charge in [-0.3, -0.25) is 14.5 Å². The van der Waals surface area contributed by atoms with E-state index in [9.17, 15) is 13.2 Å². The first-order chi connectivity index (χ1) is 10.3. The van der Waals surface area contributed by atoms with E-state index in [-0.39, 0.29) is 12.5 Å². The zero-order valence-corrected chi connectivity index (χ0v) is 13.1. The highest BCUT2D eigenvalue weighted by Gasteiger charge is 2.09. The van der Waals surface area contributed by atoms with Crippen LogP contribution in [0.1, 0.15) is 21.6 Å². The Morgan fingerprint density at radius 3 is 2.55 bits per heavy atom. The highest BCUT2D eigenvalue weighted by molar-refractivity contribution is 7.92. The van der Waals surface area contributed by atoms with Crippen molar-refractivity contribution in [1.29, 1.82) is 0 Å². The van der Waals surface area contributed by atoms with Crippen LogP contribution >= 0.6 is 0 Å². The standard InChI is InChI=1S/C15H17N3O3S/c1-11-7-8-13(10-16-11)15(19)17-9-12-5-3-4-6-14(12)18-22(2,20)21/h3-8,10,18H,9H2,1-2H3,(H,17,19). The van der Waals surface area contributed by atoms with Crippen LogP contribution in [-0.2, 0) is 16.6 Å². The fourth-order valence-electron chi connectivity index (χ4n) is 1.85. The van der Waals surface area contributed by atoms with Gasteiger partial charge in [-0.2, -0.15) is 0 Å². The zero-order chi connectivity index (χ0) is 16.2.